The Morgan fingerprint density at radius 2 is 1.76 bits per heavy atom. The second-order valence-electron chi connectivity index (χ2n) is 4.01. The van der Waals surface area contributed by atoms with Crippen molar-refractivity contribution in [1.29, 1.82) is 0 Å². The summed E-state index contributed by atoms with van der Waals surface area (Å²) in [5.74, 6) is 1.07. The predicted octanol–water partition coefficient (Wildman–Crippen LogP) is 3.29. The van der Waals surface area contributed by atoms with Gasteiger partial charge >= 0.3 is 5.97 Å². The van der Waals surface area contributed by atoms with Gasteiger partial charge in [-0.15, -0.1) is 0 Å². The lowest BCUT2D eigenvalue weighted by molar-refractivity contribution is 0.0600. The first-order valence-electron chi connectivity index (χ1n) is 6.02. The zero-order valence-corrected chi connectivity index (χ0v) is 10.7. The molecule has 0 atom stereocenters. The molecule has 0 aromatic heterocycles. The number of carbonyl (C=O) groups excluding carboxylic acids is 1. The Hall–Kier alpha value is -1.51. The Balaban J connectivity index is 2.53. The van der Waals surface area contributed by atoms with Crippen LogP contribution in [0.25, 0.3) is 0 Å². The molecule has 0 fully saturated rings. The van der Waals surface area contributed by atoms with Gasteiger partial charge < -0.3 is 9.47 Å². The lowest BCUT2D eigenvalue weighted by Gasteiger charge is -2.13. The highest BCUT2D eigenvalue weighted by atomic mass is 16.5. The molecular formula is C14H20O3. The third-order valence-electron chi connectivity index (χ3n) is 2.92. The summed E-state index contributed by atoms with van der Waals surface area (Å²) in [5, 5.41) is 0. The maximum absolute atomic E-state index is 11.2. The van der Waals surface area contributed by atoms with Crippen molar-refractivity contribution >= 4 is 5.97 Å². The molecule has 0 heterocycles. The zero-order valence-electron chi connectivity index (χ0n) is 10.7. The summed E-state index contributed by atoms with van der Waals surface area (Å²) in [4.78, 5) is 11.2. The Labute approximate surface area is 103 Å². The van der Waals surface area contributed by atoms with Gasteiger partial charge in [0.1, 0.15) is 5.75 Å². The van der Waals surface area contributed by atoms with E-state index in [1.807, 2.05) is 0 Å². The Kier molecular flexibility index (Phi) is 5.53. The van der Waals surface area contributed by atoms with E-state index in [1.165, 1.54) is 7.11 Å². The van der Waals surface area contributed by atoms with Crippen LogP contribution in [0, 0.1) is 5.92 Å². The van der Waals surface area contributed by atoms with Gasteiger partial charge in [-0.3, -0.25) is 0 Å². The fraction of sp³-hybridized carbons (Fsp3) is 0.500. The molecule has 0 amide bonds. The van der Waals surface area contributed by atoms with E-state index in [9.17, 15) is 4.79 Å². The highest BCUT2D eigenvalue weighted by Gasteiger charge is 2.06. The molecule has 0 aliphatic rings. The van der Waals surface area contributed by atoms with Crippen molar-refractivity contribution in [1.82, 2.24) is 0 Å². The van der Waals surface area contributed by atoms with Crippen molar-refractivity contribution in [2.24, 2.45) is 5.92 Å². The minimum Gasteiger partial charge on any atom is -0.493 e. The van der Waals surface area contributed by atoms with E-state index < -0.39 is 0 Å². The fourth-order valence-electron chi connectivity index (χ4n) is 1.54. The average Bonchev–Trinajstić information content (AvgIpc) is 2.39. The highest BCUT2D eigenvalue weighted by Crippen LogP contribution is 2.15. The van der Waals surface area contributed by atoms with Crippen molar-refractivity contribution < 1.29 is 14.3 Å². The van der Waals surface area contributed by atoms with E-state index in [0.717, 1.165) is 25.2 Å². The van der Waals surface area contributed by atoms with Crippen molar-refractivity contribution in [3.63, 3.8) is 0 Å². The monoisotopic (exact) mass is 236 g/mol. The summed E-state index contributed by atoms with van der Waals surface area (Å²) in [6.45, 7) is 5.06. The van der Waals surface area contributed by atoms with E-state index in [1.54, 1.807) is 24.3 Å². The third-order valence-corrected chi connectivity index (χ3v) is 2.92. The van der Waals surface area contributed by atoms with Crippen LogP contribution in [0.2, 0.25) is 0 Å². The van der Waals surface area contributed by atoms with Crippen molar-refractivity contribution in [3.05, 3.63) is 29.8 Å². The molecule has 3 heteroatoms. The molecule has 0 unspecified atom stereocenters. The van der Waals surface area contributed by atoms with Gasteiger partial charge in [0.15, 0.2) is 0 Å². The number of benzene rings is 1. The average molecular weight is 236 g/mol. The molecule has 1 rings (SSSR count). The predicted molar refractivity (Wildman–Crippen MR) is 67.3 cm³/mol. The lowest BCUT2D eigenvalue weighted by atomic mass is 10.1. The van der Waals surface area contributed by atoms with Crippen LogP contribution in [0.15, 0.2) is 24.3 Å². The summed E-state index contributed by atoms with van der Waals surface area (Å²) >= 11 is 0. The smallest absolute Gasteiger partial charge is 0.337 e. The largest absolute Gasteiger partial charge is 0.493 e. The lowest BCUT2D eigenvalue weighted by Crippen LogP contribution is -2.10. The zero-order chi connectivity index (χ0) is 12.7. The van der Waals surface area contributed by atoms with Crippen LogP contribution in [0.5, 0.6) is 5.75 Å². The number of esters is 1. The Bertz CT molecular complexity index is 339. The van der Waals surface area contributed by atoms with Crippen molar-refractivity contribution in [3.8, 4) is 5.75 Å². The number of carbonyl (C=O) groups is 1. The molecule has 0 saturated heterocycles. The van der Waals surface area contributed by atoms with Gasteiger partial charge in [-0.1, -0.05) is 26.7 Å². The van der Waals surface area contributed by atoms with E-state index in [4.69, 9.17) is 4.74 Å². The van der Waals surface area contributed by atoms with E-state index in [-0.39, 0.29) is 5.97 Å². The fourth-order valence-corrected chi connectivity index (χ4v) is 1.54. The third kappa shape index (κ3) is 4.10. The van der Waals surface area contributed by atoms with Gasteiger partial charge in [0, 0.05) is 0 Å². The van der Waals surface area contributed by atoms with Crippen molar-refractivity contribution in [2.45, 2.75) is 26.7 Å². The van der Waals surface area contributed by atoms with Crippen molar-refractivity contribution in [2.75, 3.05) is 13.7 Å². The van der Waals surface area contributed by atoms with Gasteiger partial charge in [0.25, 0.3) is 0 Å². The van der Waals surface area contributed by atoms with Gasteiger partial charge in [0.2, 0.25) is 0 Å². The van der Waals surface area contributed by atoms with Crippen LogP contribution in [-0.2, 0) is 4.74 Å². The maximum atomic E-state index is 11.2. The number of hydrogen-bond acceptors (Lipinski definition) is 3. The molecule has 0 aliphatic heterocycles. The van der Waals surface area contributed by atoms with Crippen LogP contribution >= 0.6 is 0 Å². The molecule has 0 spiro atoms. The van der Waals surface area contributed by atoms with Gasteiger partial charge in [0.05, 0.1) is 19.3 Å². The van der Waals surface area contributed by atoms with Crippen LogP contribution < -0.4 is 4.74 Å². The summed E-state index contributed by atoms with van der Waals surface area (Å²) in [6, 6.07) is 7.03. The second-order valence-corrected chi connectivity index (χ2v) is 4.01. The first-order chi connectivity index (χ1) is 8.21. The number of ether oxygens (including phenoxy) is 2. The van der Waals surface area contributed by atoms with Gasteiger partial charge in [-0.05, 0) is 30.2 Å². The Morgan fingerprint density at radius 1 is 1.18 bits per heavy atom. The summed E-state index contributed by atoms with van der Waals surface area (Å²) in [6.07, 6.45) is 2.24. The molecule has 1 aromatic carbocycles. The molecular weight excluding hydrogens is 216 g/mol. The quantitative estimate of drug-likeness (QED) is 0.711. The molecule has 3 nitrogen and oxygen atoms in total. The van der Waals surface area contributed by atoms with Crippen LogP contribution in [-0.4, -0.2) is 19.7 Å². The number of rotatable bonds is 6. The standard InChI is InChI=1S/C14H20O3/c1-4-11(5-2)10-17-13-8-6-12(7-9-13)14(15)16-3/h6-9,11H,4-5,10H2,1-3H3. The minimum atomic E-state index is -0.323. The molecule has 0 radical (unpaired) electrons. The molecule has 17 heavy (non-hydrogen) atoms. The normalized spacial score (nSPS) is 10.4. The van der Waals surface area contributed by atoms with E-state index in [2.05, 4.69) is 18.6 Å². The molecule has 94 valence electrons. The summed E-state index contributed by atoms with van der Waals surface area (Å²) in [7, 11) is 1.37. The van der Waals surface area contributed by atoms with Gasteiger partial charge in [-0.25, -0.2) is 4.79 Å². The highest BCUT2D eigenvalue weighted by molar-refractivity contribution is 5.89. The SMILES string of the molecule is CCC(CC)COc1ccc(C(=O)OC)cc1. The number of methoxy groups -OCH3 is 1. The first-order valence-corrected chi connectivity index (χ1v) is 6.02. The van der Waals surface area contributed by atoms with E-state index in [0.29, 0.717) is 11.5 Å². The van der Waals surface area contributed by atoms with Crippen LogP contribution in [0.3, 0.4) is 0 Å². The Morgan fingerprint density at radius 3 is 2.24 bits per heavy atom. The van der Waals surface area contributed by atoms with Gasteiger partial charge in [-0.2, -0.15) is 0 Å². The van der Waals surface area contributed by atoms with E-state index >= 15 is 0 Å². The number of hydrogen-bond donors (Lipinski definition) is 0. The molecule has 0 saturated carbocycles. The summed E-state index contributed by atoms with van der Waals surface area (Å²) in [5.41, 5.74) is 0.544. The molecule has 0 aliphatic carbocycles. The first kappa shape index (κ1) is 13.6. The molecule has 0 N–H and O–H groups in total. The molecule has 1 aromatic rings. The topological polar surface area (TPSA) is 35.5 Å². The maximum Gasteiger partial charge on any atom is 0.337 e. The van der Waals surface area contributed by atoms with Crippen LogP contribution in [0.1, 0.15) is 37.0 Å². The molecule has 0 bridgehead atoms. The second kappa shape index (κ2) is 6.94. The minimum absolute atomic E-state index is 0.323. The van der Waals surface area contributed by atoms with Crippen LogP contribution in [0.4, 0.5) is 0 Å². The summed E-state index contributed by atoms with van der Waals surface area (Å²) < 4.78 is 10.3.